The van der Waals surface area contributed by atoms with Crippen LogP contribution in [0.2, 0.25) is 0 Å². The third-order valence-corrected chi connectivity index (χ3v) is 7.71. The molecule has 0 aliphatic carbocycles. The van der Waals surface area contributed by atoms with E-state index in [4.69, 9.17) is 21.0 Å². The molecule has 1 saturated heterocycles. The van der Waals surface area contributed by atoms with Crippen molar-refractivity contribution in [1.29, 1.82) is 5.26 Å². The fourth-order valence-corrected chi connectivity index (χ4v) is 5.55. The standard InChI is InChI=1S/C30H28N14O/c1-42-40-25(30(45)41-42)21-6-7-22-28(37-21)44(29(38-22)26-27(32)35-13-12-34-26)20-4-2-18(3-5-20)17-43-14-9-19(10-15-43)36-23-8-11-33-24(16-31)39-23/h2-8,11-13,19H,9-10,14-15,17H2,1H3,(H2,32,35)(H,41,45)(H,33,36,39). The highest BCUT2D eigenvalue weighted by Gasteiger charge is 2.22. The molecule has 1 aliphatic heterocycles. The minimum Gasteiger partial charge on any atom is -0.382 e. The molecule has 45 heavy (non-hydrogen) atoms. The summed E-state index contributed by atoms with van der Waals surface area (Å²) in [7, 11) is 1.65. The van der Waals surface area contributed by atoms with Crippen LogP contribution in [0.25, 0.3) is 39.8 Å². The number of nitrogens with two attached hydrogens (primary N) is 1. The highest BCUT2D eigenvalue weighted by Crippen LogP contribution is 2.30. The number of nitrogens with zero attached hydrogens (tertiary/aromatic N) is 11. The summed E-state index contributed by atoms with van der Waals surface area (Å²) >= 11 is 0. The number of imidazole rings is 1. The van der Waals surface area contributed by atoms with Crippen molar-refractivity contribution >= 4 is 22.8 Å². The lowest BCUT2D eigenvalue weighted by molar-refractivity contribution is 0.211. The topological polar surface area (TPSA) is 198 Å². The van der Waals surface area contributed by atoms with E-state index < -0.39 is 0 Å². The van der Waals surface area contributed by atoms with Gasteiger partial charge in [-0.2, -0.15) is 5.26 Å². The Morgan fingerprint density at radius 3 is 2.51 bits per heavy atom. The first-order valence-corrected chi connectivity index (χ1v) is 14.4. The number of hydrogen-bond acceptors (Lipinski definition) is 12. The van der Waals surface area contributed by atoms with Crippen LogP contribution < -0.4 is 16.6 Å². The number of pyridine rings is 1. The molecule has 1 fully saturated rings. The first-order valence-electron chi connectivity index (χ1n) is 14.4. The van der Waals surface area contributed by atoms with Gasteiger partial charge < -0.3 is 11.1 Å². The third kappa shape index (κ3) is 5.57. The zero-order valence-corrected chi connectivity index (χ0v) is 24.3. The summed E-state index contributed by atoms with van der Waals surface area (Å²) in [5, 5.41) is 19.4. The molecule has 0 amide bonds. The van der Waals surface area contributed by atoms with Gasteiger partial charge in [0.2, 0.25) is 5.82 Å². The zero-order valence-electron chi connectivity index (χ0n) is 24.3. The molecular weight excluding hydrogens is 572 g/mol. The summed E-state index contributed by atoms with van der Waals surface area (Å²) in [5.74, 6) is 1.58. The maximum atomic E-state index is 12.5. The Balaban J connectivity index is 1.14. The molecule has 7 rings (SSSR count). The normalized spacial score (nSPS) is 14.0. The quantitative estimate of drug-likeness (QED) is 0.242. The van der Waals surface area contributed by atoms with Gasteiger partial charge in [0.05, 0.1) is 5.69 Å². The van der Waals surface area contributed by atoms with Crippen molar-refractivity contribution in [2.45, 2.75) is 25.4 Å². The monoisotopic (exact) mass is 600 g/mol. The number of likely N-dealkylation sites (tertiary alicyclic amines) is 1. The van der Waals surface area contributed by atoms with E-state index in [9.17, 15) is 4.79 Å². The molecule has 0 atom stereocenters. The van der Waals surface area contributed by atoms with Crippen molar-refractivity contribution in [2.75, 3.05) is 24.1 Å². The number of hydrogen-bond donors (Lipinski definition) is 3. The van der Waals surface area contributed by atoms with E-state index in [-0.39, 0.29) is 28.9 Å². The fraction of sp³-hybridized carbons (Fsp3) is 0.233. The van der Waals surface area contributed by atoms with E-state index in [0.717, 1.165) is 38.2 Å². The van der Waals surface area contributed by atoms with Crippen molar-refractivity contribution in [3.8, 4) is 34.7 Å². The number of aryl methyl sites for hydroxylation is 1. The summed E-state index contributed by atoms with van der Waals surface area (Å²) in [6.45, 7) is 2.66. The molecule has 0 spiro atoms. The summed E-state index contributed by atoms with van der Waals surface area (Å²) in [6.07, 6.45) is 6.62. The van der Waals surface area contributed by atoms with Crippen LogP contribution >= 0.6 is 0 Å². The summed E-state index contributed by atoms with van der Waals surface area (Å²) in [6, 6.07) is 15.8. The van der Waals surface area contributed by atoms with Crippen molar-refractivity contribution in [1.82, 2.24) is 54.4 Å². The molecule has 6 heterocycles. The van der Waals surface area contributed by atoms with Gasteiger partial charge in [-0.25, -0.2) is 39.8 Å². The van der Waals surface area contributed by atoms with Crippen LogP contribution in [-0.4, -0.2) is 73.5 Å². The van der Waals surface area contributed by atoms with Gasteiger partial charge in [0.25, 0.3) is 5.56 Å². The molecular formula is C30H28N14O. The van der Waals surface area contributed by atoms with Crippen LogP contribution in [0.15, 0.2) is 65.8 Å². The first-order chi connectivity index (χ1) is 21.9. The number of fused-ring (bicyclic) bond motifs is 1. The van der Waals surface area contributed by atoms with E-state index in [1.807, 2.05) is 22.8 Å². The van der Waals surface area contributed by atoms with Crippen molar-refractivity contribution in [2.24, 2.45) is 7.05 Å². The number of rotatable bonds is 7. The summed E-state index contributed by atoms with van der Waals surface area (Å²) < 4.78 is 1.88. The van der Waals surface area contributed by atoms with Gasteiger partial charge in [-0.05, 0) is 48.7 Å². The predicted molar refractivity (Wildman–Crippen MR) is 166 cm³/mol. The molecule has 224 valence electrons. The van der Waals surface area contributed by atoms with Crippen molar-refractivity contribution in [3.05, 3.63) is 82.8 Å². The number of piperidine rings is 1. The van der Waals surface area contributed by atoms with E-state index in [0.29, 0.717) is 34.2 Å². The van der Waals surface area contributed by atoms with Crippen molar-refractivity contribution < 1.29 is 0 Å². The largest absolute Gasteiger partial charge is 0.382 e. The Labute approximate surface area is 256 Å². The Hall–Kier alpha value is -6.01. The molecule has 4 N–H and O–H groups in total. The van der Waals surface area contributed by atoms with E-state index in [1.165, 1.54) is 16.6 Å². The maximum Gasteiger partial charge on any atom is 0.293 e. The van der Waals surface area contributed by atoms with Crippen LogP contribution in [0.1, 0.15) is 24.2 Å². The van der Waals surface area contributed by atoms with Crippen LogP contribution in [0.4, 0.5) is 11.6 Å². The number of nitriles is 1. The molecule has 1 aromatic carbocycles. The number of aromatic amines is 1. The SMILES string of the molecule is Cn1nc(-c2ccc3nc(-c4nccnc4N)n(-c4ccc(CN5CCC(Nc6ccnc(C#N)n6)CC5)cc4)c3n2)c(=O)[nH]1. The van der Waals surface area contributed by atoms with Gasteiger partial charge >= 0.3 is 0 Å². The second-order valence-corrected chi connectivity index (χ2v) is 10.8. The zero-order chi connectivity index (χ0) is 30.9. The van der Waals surface area contributed by atoms with Gasteiger partial charge in [0, 0.05) is 57.0 Å². The van der Waals surface area contributed by atoms with Gasteiger partial charge in [-0.15, -0.1) is 5.10 Å². The summed E-state index contributed by atoms with van der Waals surface area (Å²) in [4.78, 5) is 42.7. The van der Waals surface area contributed by atoms with Crippen LogP contribution in [0.3, 0.4) is 0 Å². The highest BCUT2D eigenvalue weighted by atomic mass is 16.1. The number of nitrogen functional groups attached to an aromatic ring is 1. The van der Waals surface area contributed by atoms with Crippen LogP contribution in [-0.2, 0) is 13.6 Å². The third-order valence-electron chi connectivity index (χ3n) is 7.71. The Morgan fingerprint density at radius 1 is 0.978 bits per heavy atom. The Kier molecular flexibility index (Phi) is 7.16. The molecule has 15 nitrogen and oxygen atoms in total. The number of H-pyrrole nitrogens is 1. The molecule has 15 heteroatoms. The van der Waals surface area contributed by atoms with Gasteiger partial charge in [0.1, 0.15) is 23.1 Å². The predicted octanol–water partition coefficient (Wildman–Crippen LogP) is 2.29. The second-order valence-electron chi connectivity index (χ2n) is 10.8. The van der Waals surface area contributed by atoms with Gasteiger partial charge in [0.15, 0.2) is 23.0 Å². The summed E-state index contributed by atoms with van der Waals surface area (Å²) in [5.41, 5.74) is 10.1. The first kappa shape index (κ1) is 27.8. The van der Waals surface area contributed by atoms with Crippen LogP contribution in [0, 0.1) is 11.3 Å². The fourth-order valence-electron chi connectivity index (χ4n) is 5.55. The number of anilines is 2. The van der Waals surface area contributed by atoms with Crippen LogP contribution in [0.5, 0.6) is 0 Å². The smallest absolute Gasteiger partial charge is 0.293 e. The van der Waals surface area contributed by atoms with E-state index in [1.54, 1.807) is 37.6 Å². The molecule has 5 aromatic heterocycles. The van der Waals surface area contributed by atoms with E-state index in [2.05, 4.69) is 52.5 Å². The van der Waals surface area contributed by atoms with Gasteiger partial charge in [-0.1, -0.05) is 12.1 Å². The molecule has 0 radical (unpaired) electrons. The highest BCUT2D eigenvalue weighted by molar-refractivity contribution is 5.83. The molecule has 0 unspecified atom stereocenters. The lowest BCUT2D eigenvalue weighted by Crippen LogP contribution is -2.38. The minimum atomic E-state index is -0.333. The number of benzene rings is 1. The number of aromatic nitrogens is 10. The average Bonchev–Trinajstić information content (AvgIpc) is 3.61. The number of nitrogens with one attached hydrogen (secondary N) is 2. The maximum absolute atomic E-state index is 12.5. The minimum absolute atomic E-state index is 0.163. The van der Waals surface area contributed by atoms with Gasteiger partial charge in [-0.3, -0.25) is 14.3 Å². The Bertz CT molecular complexity index is 2100. The average molecular weight is 601 g/mol. The second kappa shape index (κ2) is 11.6. The lowest BCUT2D eigenvalue weighted by atomic mass is 10.0. The molecule has 0 bridgehead atoms. The molecule has 1 aliphatic rings. The molecule has 0 saturated carbocycles. The Morgan fingerprint density at radius 2 is 1.78 bits per heavy atom. The molecule has 6 aromatic rings. The lowest BCUT2D eigenvalue weighted by Gasteiger charge is -2.32. The van der Waals surface area contributed by atoms with E-state index >= 15 is 0 Å². The van der Waals surface area contributed by atoms with Crippen molar-refractivity contribution in [3.63, 3.8) is 0 Å².